The molecule has 140 valence electrons. The molecule has 2 rings (SSSR count). The summed E-state index contributed by atoms with van der Waals surface area (Å²) in [7, 11) is 3.91. The molecule has 0 spiro atoms. The van der Waals surface area contributed by atoms with Gasteiger partial charge in [0.25, 0.3) is 0 Å². The van der Waals surface area contributed by atoms with E-state index in [4.69, 9.17) is 0 Å². The standard InChI is InChI=1S/C21H35N3O/c1-5-24(21(25)17-22(3)4)16-19-10-13-23(14-11-19)15-12-20-9-7-6-8-18(20)2/h6-9,19H,5,10-17H2,1-4H3. The predicted octanol–water partition coefficient (Wildman–Crippen LogP) is 2.66. The van der Waals surface area contributed by atoms with Gasteiger partial charge in [-0.1, -0.05) is 24.3 Å². The van der Waals surface area contributed by atoms with Crippen molar-refractivity contribution in [3.63, 3.8) is 0 Å². The van der Waals surface area contributed by atoms with Gasteiger partial charge in [0.15, 0.2) is 0 Å². The summed E-state index contributed by atoms with van der Waals surface area (Å²) in [6.07, 6.45) is 3.55. The van der Waals surface area contributed by atoms with Gasteiger partial charge < -0.3 is 14.7 Å². The highest BCUT2D eigenvalue weighted by Gasteiger charge is 2.23. The lowest BCUT2D eigenvalue weighted by Crippen LogP contribution is -2.43. The minimum Gasteiger partial charge on any atom is -0.342 e. The van der Waals surface area contributed by atoms with E-state index in [1.807, 2.05) is 23.9 Å². The summed E-state index contributed by atoms with van der Waals surface area (Å²) in [5, 5.41) is 0. The van der Waals surface area contributed by atoms with E-state index in [9.17, 15) is 4.79 Å². The van der Waals surface area contributed by atoms with Crippen LogP contribution in [0.3, 0.4) is 0 Å². The van der Waals surface area contributed by atoms with Crippen LogP contribution in [-0.2, 0) is 11.2 Å². The molecule has 4 heteroatoms. The van der Waals surface area contributed by atoms with E-state index in [0.29, 0.717) is 12.5 Å². The molecule has 1 amide bonds. The summed E-state index contributed by atoms with van der Waals surface area (Å²) in [5.74, 6) is 0.912. The number of hydrogen-bond acceptors (Lipinski definition) is 3. The first-order valence-electron chi connectivity index (χ1n) is 9.69. The van der Waals surface area contributed by atoms with Gasteiger partial charge in [0.2, 0.25) is 5.91 Å². The number of rotatable bonds is 8. The molecule has 1 heterocycles. The largest absolute Gasteiger partial charge is 0.342 e. The monoisotopic (exact) mass is 345 g/mol. The Morgan fingerprint density at radius 3 is 2.48 bits per heavy atom. The van der Waals surface area contributed by atoms with Gasteiger partial charge in [0.1, 0.15) is 0 Å². The maximum absolute atomic E-state index is 12.3. The number of carbonyl (C=O) groups is 1. The van der Waals surface area contributed by atoms with Crippen LogP contribution in [0.15, 0.2) is 24.3 Å². The second-order valence-corrected chi connectivity index (χ2v) is 7.63. The van der Waals surface area contributed by atoms with Crippen LogP contribution in [0.2, 0.25) is 0 Å². The highest BCUT2D eigenvalue weighted by molar-refractivity contribution is 5.78. The summed E-state index contributed by atoms with van der Waals surface area (Å²) in [6.45, 7) is 10.0. The fourth-order valence-corrected chi connectivity index (χ4v) is 3.65. The fourth-order valence-electron chi connectivity index (χ4n) is 3.65. The molecule has 1 saturated heterocycles. The van der Waals surface area contributed by atoms with E-state index in [2.05, 4.69) is 43.0 Å². The molecule has 0 unspecified atom stereocenters. The Kier molecular flexibility index (Phi) is 7.91. The molecule has 1 aromatic carbocycles. The molecule has 1 aliphatic heterocycles. The first-order chi connectivity index (χ1) is 12.0. The van der Waals surface area contributed by atoms with Gasteiger partial charge >= 0.3 is 0 Å². The third kappa shape index (κ3) is 6.44. The molecule has 0 aromatic heterocycles. The van der Waals surface area contributed by atoms with E-state index < -0.39 is 0 Å². The van der Waals surface area contributed by atoms with Crippen molar-refractivity contribution < 1.29 is 4.79 Å². The van der Waals surface area contributed by atoms with Gasteiger partial charge in [-0.05, 0) is 77.3 Å². The molecule has 0 radical (unpaired) electrons. The van der Waals surface area contributed by atoms with Crippen LogP contribution < -0.4 is 0 Å². The van der Waals surface area contributed by atoms with Gasteiger partial charge in [-0.2, -0.15) is 0 Å². The van der Waals surface area contributed by atoms with Crippen molar-refractivity contribution in [1.82, 2.24) is 14.7 Å². The zero-order valence-corrected chi connectivity index (χ0v) is 16.5. The van der Waals surface area contributed by atoms with Crippen molar-refractivity contribution in [2.45, 2.75) is 33.1 Å². The number of hydrogen-bond donors (Lipinski definition) is 0. The Balaban J connectivity index is 1.73. The minimum absolute atomic E-state index is 0.259. The van der Waals surface area contributed by atoms with Crippen molar-refractivity contribution in [2.24, 2.45) is 5.92 Å². The minimum atomic E-state index is 0.259. The molecule has 0 atom stereocenters. The van der Waals surface area contributed by atoms with E-state index in [1.54, 1.807) is 0 Å². The Morgan fingerprint density at radius 1 is 1.20 bits per heavy atom. The quantitative estimate of drug-likeness (QED) is 0.725. The fraction of sp³-hybridized carbons (Fsp3) is 0.667. The van der Waals surface area contributed by atoms with Crippen LogP contribution in [0.1, 0.15) is 30.9 Å². The van der Waals surface area contributed by atoms with Gasteiger partial charge in [-0.15, -0.1) is 0 Å². The normalized spacial score (nSPS) is 16.4. The first-order valence-corrected chi connectivity index (χ1v) is 9.69. The molecule has 0 aliphatic carbocycles. The molecule has 25 heavy (non-hydrogen) atoms. The van der Waals surface area contributed by atoms with Crippen LogP contribution in [0.5, 0.6) is 0 Å². The van der Waals surface area contributed by atoms with E-state index in [-0.39, 0.29) is 5.91 Å². The zero-order chi connectivity index (χ0) is 18.2. The lowest BCUT2D eigenvalue weighted by atomic mass is 9.95. The molecule has 4 nitrogen and oxygen atoms in total. The second-order valence-electron chi connectivity index (χ2n) is 7.63. The van der Waals surface area contributed by atoms with Crippen molar-refractivity contribution in [2.75, 3.05) is 53.4 Å². The molecule has 0 saturated carbocycles. The third-order valence-corrected chi connectivity index (χ3v) is 5.33. The van der Waals surface area contributed by atoms with Crippen LogP contribution in [0.4, 0.5) is 0 Å². The van der Waals surface area contributed by atoms with Gasteiger partial charge in [-0.25, -0.2) is 0 Å². The first kappa shape index (κ1) is 19.9. The van der Waals surface area contributed by atoms with Crippen molar-refractivity contribution >= 4 is 5.91 Å². The molecular weight excluding hydrogens is 310 g/mol. The SMILES string of the molecule is CCN(CC1CCN(CCc2ccccc2C)CC1)C(=O)CN(C)C. The van der Waals surface area contributed by atoms with E-state index >= 15 is 0 Å². The Morgan fingerprint density at radius 2 is 1.88 bits per heavy atom. The van der Waals surface area contributed by atoms with E-state index in [1.165, 1.54) is 24.0 Å². The summed E-state index contributed by atoms with van der Waals surface area (Å²) >= 11 is 0. The van der Waals surface area contributed by atoms with Crippen LogP contribution in [0.25, 0.3) is 0 Å². The number of amides is 1. The summed E-state index contributed by atoms with van der Waals surface area (Å²) in [4.78, 5) is 18.9. The lowest BCUT2D eigenvalue weighted by Gasteiger charge is -2.35. The molecule has 1 fully saturated rings. The summed E-state index contributed by atoms with van der Waals surface area (Å²) < 4.78 is 0. The molecule has 1 aromatic rings. The van der Waals surface area contributed by atoms with Crippen molar-refractivity contribution in [1.29, 1.82) is 0 Å². The van der Waals surface area contributed by atoms with Gasteiger partial charge in [0, 0.05) is 19.6 Å². The highest BCUT2D eigenvalue weighted by atomic mass is 16.2. The summed E-state index contributed by atoms with van der Waals surface area (Å²) in [6, 6.07) is 8.70. The number of aryl methyl sites for hydroxylation is 1. The molecule has 1 aliphatic rings. The maximum atomic E-state index is 12.3. The number of likely N-dealkylation sites (tertiary alicyclic amines) is 1. The predicted molar refractivity (Wildman–Crippen MR) is 105 cm³/mol. The zero-order valence-electron chi connectivity index (χ0n) is 16.5. The molecule has 0 bridgehead atoms. The number of carbonyl (C=O) groups excluding carboxylic acids is 1. The van der Waals surface area contributed by atoms with Crippen LogP contribution in [-0.4, -0.2) is 74.0 Å². The van der Waals surface area contributed by atoms with E-state index in [0.717, 1.165) is 39.1 Å². The van der Waals surface area contributed by atoms with Gasteiger partial charge in [-0.3, -0.25) is 4.79 Å². The number of likely N-dealkylation sites (N-methyl/N-ethyl adjacent to an activating group) is 2. The summed E-state index contributed by atoms with van der Waals surface area (Å²) in [5.41, 5.74) is 2.87. The third-order valence-electron chi connectivity index (χ3n) is 5.33. The second kappa shape index (κ2) is 9.93. The van der Waals surface area contributed by atoms with Crippen LogP contribution in [0, 0.1) is 12.8 Å². The average molecular weight is 346 g/mol. The Bertz CT molecular complexity index is 536. The lowest BCUT2D eigenvalue weighted by molar-refractivity contribution is -0.132. The average Bonchev–Trinajstić information content (AvgIpc) is 2.59. The number of piperidine rings is 1. The maximum Gasteiger partial charge on any atom is 0.236 e. The van der Waals surface area contributed by atoms with Crippen LogP contribution >= 0.6 is 0 Å². The number of nitrogens with zero attached hydrogens (tertiary/aromatic N) is 3. The Hall–Kier alpha value is -1.39. The molecular formula is C21H35N3O. The molecule has 0 N–H and O–H groups in total. The van der Waals surface area contributed by atoms with Gasteiger partial charge in [0.05, 0.1) is 6.54 Å². The van der Waals surface area contributed by atoms with Crippen molar-refractivity contribution in [3.8, 4) is 0 Å². The smallest absolute Gasteiger partial charge is 0.236 e. The van der Waals surface area contributed by atoms with Crippen molar-refractivity contribution in [3.05, 3.63) is 35.4 Å². The number of benzene rings is 1. The Labute approximate surface area is 153 Å². The highest BCUT2D eigenvalue weighted by Crippen LogP contribution is 2.19. The topological polar surface area (TPSA) is 26.8 Å².